The Bertz CT molecular complexity index is 886. The highest BCUT2D eigenvalue weighted by molar-refractivity contribution is 5.85. The minimum atomic E-state index is -0.444. The third kappa shape index (κ3) is 4.25. The summed E-state index contributed by atoms with van der Waals surface area (Å²) in [5.41, 5.74) is 3.00. The van der Waals surface area contributed by atoms with Crippen LogP contribution in [0.4, 0.5) is 0 Å². The van der Waals surface area contributed by atoms with E-state index in [0.717, 1.165) is 36.0 Å². The lowest BCUT2D eigenvalue weighted by Crippen LogP contribution is -2.51. The fourth-order valence-electron chi connectivity index (χ4n) is 4.64. The third-order valence-electron chi connectivity index (χ3n) is 6.79. The molecule has 2 aromatic rings. The number of likely N-dealkylation sites (tertiary alicyclic amines) is 1. The second kappa shape index (κ2) is 8.58. The Morgan fingerprint density at radius 2 is 1.67 bits per heavy atom. The van der Waals surface area contributed by atoms with Gasteiger partial charge in [-0.25, -0.2) is 0 Å². The van der Waals surface area contributed by atoms with Gasteiger partial charge in [0.25, 0.3) is 0 Å². The van der Waals surface area contributed by atoms with E-state index in [1.165, 1.54) is 0 Å². The van der Waals surface area contributed by atoms with Crippen LogP contribution in [0.15, 0.2) is 48.8 Å². The second-order valence-electron chi connectivity index (χ2n) is 8.89. The van der Waals surface area contributed by atoms with Crippen molar-refractivity contribution < 1.29 is 9.59 Å². The highest BCUT2D eigenvalue weighted by atomic mass is 16.2. The molecule has 2 atom stereocenters. The van der Waals surface area contributed by atoms with Crippen molar-refractivity contribution in [2.75, 3.05) is 19.6 Å². The number of amides is 2. The summed E-state index contributed by atoms with van der Waals surface area (Å²) in [7, 11) is 0. The molecule has 1 N–H and O–H groups in total. The van der Waals surface area contributed by atoms with Crippen LogP contribution in [0.3, 0.4) is 0 Å². The number of piperidine rings is 1. The first-order valence-corrected chi connectivity index (χ1v) is 11.1. The Morgan fingerprint density at radius 3 is 2.23 bits per heavy atom. The predicted octanol–water partition coefficient (Wildman–Crippen LogP) is 3.69. The number of nitrogens with one attached hydrogen (secondary N) is 1. The van der Waals surface area contributed by atoms with Gasteiger partial charge in [-0.15, -0.1) is 0 Å². The molecule has 1 aliphatic carbocycles. The molecule has 2 fully saturated rings. The fraction of sp³-hybridized carbons (Fsp3) is 0.480. The number of pyridine rings is 1. The number of nitrogens with zero attached hydrogens (tertiary/aromatic N) is 2. The van der Waals surface area contributed by atoms with Crippen molar-refractivity contribution in [1.29, 1.82) is 0 Å². The van der Waals surface area contributed by atoms with Crippen molar-refractivity contribution in [2.24, 2.45) is 17.3 Å². The molecule has 1 aliphatic heterocycles. The standard InChI is InChI=1S/C25H31N3O2/c1-3-27-24(30)25(10-14-28(15-11-25)23(29)22-16-18(22)2)17-19-4-6-20(7-5-19)21-8-12-26-13-9-21/h4-9,12-13,18,22H,3,10-11,14-17H2,1-2H3,(H,27,30)/t18-,22+/m1/s1. The highest BCUT2D eigenvalue weighted by Crippen LogP contribution is 2.42. The lowest BCUT2D eigenvalue weighted by atomic mass is 9.72. The van der Waals surface area contributed by atoms with Gasteiger partial charge in [0, 0.05) is 37.9 Å². The van der Waals surface area contributed by atoms with Crippen LogP contribution < -0.4 is 5.32 Å². The smallest absolute Gasteiger partial charge is 0.226 e. The number of rotatable bonds is 6. The number of aromatic nitrogens is 1. The minimum absolute atomic E-state index is 0.120. The van der Waals surface area contributed by atoms with Gasteiger partial charge in [0.2, 0.25) is 11.8 Å². The van der Waals surface area contributed by atoms with Crippen molar-refractivity contribution in [3.8, 4) is 11.1 Å². The van der Waals surface area contributed by atoms with E-state index in [1.807, 2.05) is 24.0 Å². The number of hydrogen-bond donors (Lipinski definition) is 1. The maximum absolute atomic E-state index is 13.1. The molecule has 1 saturated heterocycles. The van der Waals surface area contributed by atoms with Gasteiger partial charge in [-0.3, -0.25) is 14.6 Å². The summed E-state index contributed by atoms with van der Waals surface area (Å²) in [5, 5.41) is 3.05. The van der Waals surface area contributed by atoms with Crippen molar-refractivity contribution in [3.05, 3.63) is 54.4 Å². The van der Waals surface area contributed by atoms with Crippen LogP contribution in [0.2, 0.25) is 0 Å². The number of carbonyl (C=O) groups excluding carboxylic acids is 2. The molecule has 0 bridgehead atoms. The van der Waals surface area contributed by atoms with Gasteiger partial charge in [-0.1, -0.05) is 31.2 Å². The first-order chi connectivity index (χ1) is 14.5. The zero-order valence-corrected chi connectivity index (χ0v) is 17.9. The quantitative estimate of drug-likeness (QED) is 0.797. The minimum Gasteiger partial charge on any atom is -0.356 e. The molecule has 2 amide bonds. The maximum Gasteiger partial charge on any atom is 0.226 e. The van der Waals surface area contributed by atoms with Crippen LogP contribution in [0.25, 0.3) is 11.1 Å². The largest absolute Gasteiger partial charge is 0.356 e. The molecule has 0 radical (unpaired) electrons. The summed E-state index contributed by atoms with van der Waals surface area (Å²) in [6.07, 6.45) is 6.75. The molecule has 4 rings (SSSR count). The molecule has 1 aromatic heterocycles. The molecule has 5 heteroatoms. The maximum atomic E-state index is 13.1. The van der Waals surface area contributed by atoms with Crippen LogP contribution in [-0.4, -0.2) is 41.3 Å². The van der Waals surface area contributed by atoms with Gasteiger partial charge < -0.3 is 10.2 Å². The monoisotopic (exact) mass is 405 g/mol. The lowest BCUT2D eigenvalue weighted by Gasteiger charge is -2.41. The van der Waals surface area contributed by atoms with Crippen LogP contribution >= 0.6 is 0 Å². The Balaban J connectivity index is 1.48. The molecule has 2 aliphatic rings. The lowest BCUT2D eigenvalue weighted by molar-refractivity contribution is -0.141. The second-order valence-corrected chi connectivity index (χ2v) is 8.89. The van der Waals surface area contributed by atoms with Gasteiger partial charge in [0.05, 0.1) is 5.41 Å². The molecule has 2 heterocycles. The third-order valence-corrected chi connectivity index (χ3v) is 6.79. The number of hydrogen-bond acceptors (Lipinski definition) is 3. The predicted molar refractivity (Wildman–Crippen MR) is 118 cm³/mol. The first kappa shape index (κ1) is 20.6. The van der Waals surface area contributed by atoms with E-state index in [1.54, 1.807) is 12.4 Å². The Labute approximate surface area is 178 Å². The van der Waals surface area contributed by atoms with Crippen molar-refractivity contribution >= 4 is 11.8 Å². The van der Waals surface area contributed by atoms with E-state index in [2.05, 4.69) is 41.5 Å². The van der Waals surface area contributed by atoms with Crippen molar-refractivity contribution in [1.82, 2.24) is 15.2 Å². The molecule has 5 nitrogen and oxygen atoms in total. The van der Waals surface area contributed by atoms with Gasteiger partial charge in [0.1, 0.15) is 0 Å². The number of carbonyl (C=O) groups is 2. The molecule has 30 heavy (non-hydrogen) atoms. The van der Waals surface area contributed by atoms with E-state index in [-0.39, 0.29) is 17.7 Å². The van der Waals surface area contributed by atoms with Crippen molar-refractivity contribution in [3.63, 3.8) is 0 Å². The van der Waals surface area contributed by atoms with E-state index < -0.39 is 5.41 Å². The summed E-state index contributed by atoms with van der Waals surface area (Å²) in [4.78, 5) is 31.8. The first-order valence-electron chi connectivity index (χ1n) is 11.1. The molecule has 0 spiro atoms. The van der Waals surface area contributed by atoms with E-state index in [9.17, 15) is 9.59 Å². The van der Waals surface area contributed by atoms with Crippen LogP contribution in [0, 0.1) is 17.3 Å². The Kier molecular flexibility index (Phi) is 5.89. The van der Waals surface area contributed by atoms with E-state index >= 15 is 0 Å². The Morgan fingerprint density at radius 1 is 1.07 bits per heavy atom. The van der Waals surface area contributed by atoms with Gasteiger partial charge in [-0.05, 0) is 67.3 Å². The summed E-state index contributed by atoms with van der Waals surface area (Å²) in [5.74, 6) is 1.14. The molecule has 1 aromatic carbocycles. The molecule has 158 valence electrons. The zero-order chi connectivity index (χ0) is 21.1. The van der Waals surface area contributed by atoms with Gasteiger partial charge in [0.15, 0.2) is 0 Å². The Hall–Kier alpha value is -2.69. The molecular weight excluding hydrogens is 374 g/mol. The SMILES string of the molecule is CCNC(=O)C1(Cc2ccc(-c3ccncc3)cc2)CCN(C(=O)[C@H]2C[C@H]2C)CC1. The molecule has 1 saturated carbocycles. The van der Waals surface area contributed by atoms with E-state index in [0.29, 0.717) is 32.0 Å². The topological polar surface area (TPSA) is 62.3 Å². The highest BCUT2D eigenvalue weighted by Gasteiger charge is 2.46. The van der Waals surface area contributed by atoms with Crippen molar-refractivity contribution in [2.45, 2.75) is 39.5 Å². The van der Waals surface area contributed by atoms with Gasteiger partial charge in [-0.2, -0.15) is 0 Å². The number of benzene rings is 1. The zero-order valence-electron chi connectivity index (χ0n) is 17.9. The summed E-state index contributed by atoms with van der Waals surface area (Å²) in [6.45, 7) is 6.08. The van der Waals surface area contributed by atoms with Crippen LogP contribution in [0.5, 0.6) is 0 Å². The molecule has 0 unspecified atom stereocenters. The molecular formula is C25H31N3O2. The van der Waals surface area contributed by atoms with Crippen LogP contribution in [0.1, 0.15) is 38.7 Å². The normalized spacial score (nSPS) is 22.4. The average Bonchev–Trinajstić information content (AvgIpc) is 3.51. The summed E-state index contributed by atoms with van der Waals surface area (Å²) in [6, 6.07) is 12.5. The van der Waals surface area contributed by atoms with E-state index in [4.69, 9.17) is 0 Å². The summed E-state index contributed by atoms with van der Waals surface area (Å²) >= 11 is 0. The van der Waals surface area contributed by atoms with Gasteiger partial charge >= 0.3 is 0 Å². The van der Waals surface area contributed by atoms with Crippen LogP contribution in [-0.2, 0) is 16.0 Å². The fourth-order valence-corrected chi connectivity index (χ4v) is 4.64. The summed E-state index contributed by atoms with van der Waals surface area (Å²) < 4.78 is 0. The average molecular weight is 406 g/mol.